The molecule has 1 aromatic carbocycles. The second-order valence-electron chi connectivity index (χ2n) is 6.50. The lowest BCUT2D eigenvalue weighted by Crippen LogP contribution is -2.44. The van der Waals surface area contributed by atoms with Gasteiger partial charge in [0.1, 0.15) is 0 Å². The first kappa shape index (κ1) is 24.6. The van der Waals surface area contributed by atoms with Gasteiger partial charge in [-0.1, -0.05) is 45.4 Å². The molecule has 1 rings (SSSR count). The van der Waals surface area contributed by atoms with Crippen molar-refractivity contribution in [3.05, 3.63) is 29.1 Å². The number of ether oxygens (including phenoxy) is 3. The molecular formula is C19H27F5O4. The average Bonchev–Trinajstić information content (AvgIpc) is 2.71. The van der Waals surface area contributed by atoms with Gasteiger partial charge in [0, 0.05) is 14.2 Å². The minimum atomic E-state index is -2.27. The molecule has 4 nitrogen and oxygen atoms in total. The highest BCUT2D eigenvalue weighted by atomic mass is 19.2. The van der Waals surface area contributed by atoms with E-state index in [0.29, 0.717) is 12.8 Å². The molecule has 0 aliphatic carbocycles. The molecule has 0 saturated heterocycles. The zero-order valence-corrected chi connectivity index (χ0v) is 16.3. The first-order valence-electron chi connectivity index (χ1n) is 9.20. The summed E-state index contributed by atoms with van der Waals surface area (Å²) < 4.78 is 82.0. The minimum Gasteiger partial charge on any atom is -0.487 e. The van der Waals surface area contributed by atoms with Crippen molar-refractivity contribution in [3.8, 4) is 5.75 Å². The summed E-state index contributed by atoms with van der Waals surface area (Å²) in [5.41, 5.74) is 0. The van der Waals surface area contributed by atoms with E-state index in [1.165, 1.54) is 0 Å². The summed E-state index contributed by atoms with van der Waals surface area (Å²) in [6.07, 6.45) is 5.98. The van der Waals surface area contributed by atoms with Crippen molar-refractivity contribution in [3.63, 3.8) is 0 Å². The maximum atomic E-state index is 13.8. The number of unbranched alkanes of at least 4 members (excludes halogenated alkanes) is 5. The van der Waals surface area contributed by atoms with E-state index in [4.69, 9.17) is 14.2 Å². The lowest BCUT2D eigenvalue weighted by Gasteiger charge is -2.33. The predicted molar refractivity (Wildman–Crippen MR) is 92.2 cm³/mol. The number of halogens is 5. The van der Waals surface area contributed by atoms with E-state index in [9.17, 15) is 27.1 Å². The van der Waals surface area contributed by atoms with Gasteiger partial charge < -0.3 is 19.3 Å². The lowest BCUT2D eigenvalue weighted by atomic mass is 9.98. The third-order valence-corrected chi connectivity index (χ3v) is 4.61. The van der Waals surface area contributed by atoms with Gasteiger partial charge in [0.15, 0.2) is 5.75 Å². The van der Waals surface area contributed by atoms with Gasteiger partial charge in [0.2, 0.25) is 29.1 Å². The standard InChI is InChI=1S/C19H27F5O4/c1-4-5-6-7-8-9-10-12(19(25,26-2)27-3)11-28-18-16(23)14(21)13(20)15(22)17(18)24/h12,25H,4-11H2,1-3H3. The fraction of sp³-hybridized carbons (Fsp3) is 0.684. The Morgan fingerprint density at radius 1 is 0.786 bits per heavy atom. The number of hydrogen-bond acceptors (Lipinski definition) is 4. The zero-order chi connectivity index (χ0) is 21.3. The molecule has 0 aromatic heterocycles. The molecule has 9 heteroatoms. The van der Waals surface area contributed by atoms with Gasteiger partial charge >= 0.3 is 0 Å². The molecule has 1 N–H and O–H groups in total. The van der Waals surface area contributed by atoms with Crippen molar-refractivity contribution in [2.24, 2.45) is 5.92 Å². The quantitative estimate of drug-likeness (QED) is 0.161. The highest BCUT2D eigenvalue weighted by Crippen LogP contribution is 2.32. The van der Waals surface area contributed by atoms with Crippen molar-refractivity contribution in [2.45, 2.75) is 57.8 Å². The van der Waals surface area contributed by atoms with Crippen LogP contribution in [-0.2, 0) is 9.47 Å². The van der Waals surface area contributed by atoms with Gasteiger partial charge in [0.05, 0.1) is 12.5 Å². The van der Waals surface area contributed by atoms with Crippen molar-refractivity contribution < 1.29 is 41.3 Å². The molecule has 0 radical (unpaired) electrons. The third-order valence-electron chi connectivity index (χ3n) is 4.61. The monoisotopic (exact) mass is 414 g/mol. The summed E-state index contributed by atoms with van der Waals surface area (Å²) in [6, 6.07) is 0. The Kier molecular flexibility index (Phi) is 10.1. The molecular weight excluding hydrogens is 387 g/mol. The first-order chi connectivity index (χ1) is 13.2. The number of benzene rings is 1. The lowest BCUT2D eigenvalue weighted by molar-refractivity contribution is -0.370. The summed E-state index contributed by atoms with van der Waals surface area (Å²) >= 11 is 0. The fourth-order valence-electron chi connectivity index (χ4n) is 2.85. The van der Waals surface area contributed by atoms with E-state index in [1.54, 1.807) is 0 Å². The van der Waals surface area contributed by atoms with Gasteiger partial charge in [-0.2, -0.15) is 8.78 Å². The molecule has 1 atom stereocenters. The minimum absolute atomic E-state index is 0.291. The van der Waals surface area contributed by atoms with Crippen LogP contribution in [0.1, 0.15) is 51.9 Å². The van der Waals surface area contributed by atoms with Crippen molar-refractivity contribution in [1.82, 2.24) is 0 Å². The van der Waals surface area contributed by atoms with Gasteiger partial charge in [-0.3, -0.25) is 0 Å². The normalized spacial score (nSPS) is 13.0. The second-order valence-corrected chi connectivity index (χ2v) is 6.50. The molecule has 0 aliphatic rings. The summed E-state index contributed by atoms with van der Waals surface area (Å²) in [7, 11) is 2.33. The summed E-state index contributed by atoms with van der Waals surface area (Å²) in [4.78, 5) is 0. The molecule has 162 valence electrons. The topological polar surface area (TPSA) is 47.9 Å². The first-order valence-corrected chi connectivity index (χ1v) is 9.20. The van der Waals surface area contributed by atoms with E-state index in [1.807, 2.05) is 0 Å². The molecule has 28 heavy (non-hydrogen) atoms. The third kappa shape index (κ3) is 6.02. The molecule has 0 amide bonds. The highest BCUT2D eigenvalue weighted by molar-refractivity contribution is 5.29. The van der Waals surface area contributed by atoms with Crippen LogP contribution >= 0.6 is 0 Å². The summed E-state index contributed by atoms with van der Waals surface area (Å²) in [5, 5.41) is 10.4. The van der Waals surface area contributed by atoms with E-state index >= 15 is 0 Å². The van der Waals surface area contributed by atoms with Crippen LogP contribution in [0.25, 0.3) is 0 Å². The van der Waals surface area contributed by atoms with Crippen molar-refractivity contribution in [1.29, 1.82) is 0 Å². The number of methoxy groups -OCH3 is 2. The maximum Gasteiger partial charge on any atom is 0.286 e. The Balaban J connectivity index is 2.88. The molecule has 0 fully saturated rings. The Morgan fingerprint density at radius 2 is 1.25 bits per heavy atom. The summed E-state index contributed by atoms with van der Waals surface area (Å²) in [5.74, 6) is -15.1. The van der Waals surface area contributed by atoms with Crippen molar-refractivity contribution in [2.75, 3.05) is 20.8 Å². The molecule has 0 bridgehead atoms. The number of hydrogen-bond donors (Lipinski definition) is 1. The predicted octanol–water partition coefficient (Wildman–Crippen LogP) is 5.07. The van der Waals surface area contributed by atoms with Gasteiger partial charge in [-0.25, -0.2) is 13.2 Å². The molecule has 1 unspecified atom stereocenters. The van der Waals surface area contributed by atoms with Crippen molar-refractivity contribution >= 4 is 0 Å². The molecule has 0 aliphatic heterocycles. The smallest absolute Gasteiger partial charge is 0.286 e. The SMILES string of the molecule is CCCCCCCCC(COc1c(F)c(F)c(F)c(F)c1F)C(O)(OC)OC. The average molecular weight is 414 g/mol. The van der Waals surface area contributed by atoms with Gasteiger partial charge in [-0.15, -0.1) is 0 Å². The zero-order valence-electron chi connectivity index (χ0n) is 16.3. The number of aliphatic hydroxyl groups is 1. The second kappa shape index (κ2) is 11.5. The molecule has 0 heterocycles. The fourth-order valence-corrected chi connectivity index (χ4v) is 2.85. The van der Waals surface area contributed by atoms with Crippen LogP contribution in [-0.4, -0.2) is 31.9 Å². The van der Waals surface area contributed by atoms with E-state index in [2.05, 4.69) is 6.92 Å². The van der Waals surface area contributed by atoms with E-state index in [-0.39, 0.29) is 0 Å². The van der Waals surface area contributed by atoms with Crippen LogP contribution in [0.2, 0.25) is 0 Å². The molecule has 1 aromatic rings. The van der Waals surface area contributed by atoms with E-state index in [0.717, 1.165) is 46.3 Å². The Labute approximate surface area is 161 Å². The Hall–Kier alpha value is -1.45. The van der Waals surface area contributed by atoms with Crippen LogP contribution in [0.4, 0.5) is 22.0 Å². The van der Waals surface area contributed by atoms with Crippen LogP contribution in [0, 0.1) is 35.0 Å². The van der Waals surface area contributed by atoms with E-state index < -0.39 is 53.3 Å². The van der Waals surface area contributed by atoms with Gasteiger partial charge in [-0.05, 0) is 6.42 Å². The Bertz CT molecular complexity index is 594. The summed E-state index contributed by atoms with van der Waals surface area (Å²) in [6.45, 7) is 1.51. The number of rotatable bonds is 13. The van der Waals surface area contributed by atoms with Crippen LogP contribution in [0.5, 0.6) is 5.75 Å². The van der Waals surface area contributed by atoms with Crippen LogP contribution in [0.15, 0.2) is 0 Å². The Morgan fingerprint density at radius 3 is 1.75 bits per heavy atom. The van der Waals surface area contributed by atoms with Crippen LogP contribution in [0.3, 0.4) is 0 Å². The molecule has 0 spiro atoms. The largest absolute Gasteiger partial charge is 0.487 e. The molecule has 0 saturated carbocycles. The van der Waals surface area contributed by atoms with Crippen LogP contribution < -0.4 is 4.74 Å². The highest BCUT2D eigenvalue weighted by Gasteiger charge is 2.38. The van der Waals surface area contributed by atoms with Gasteiger partial charge in [0.25, 0.3) is 5.97 Å². The maximum absolute atomic E-state index is 13.8.